The molecule has 0 saturated heterocycles. The van der Waals surface area contributed by atoms with Crippen LogP contribution in [0.5, 0.6) is 0 Å². The molecule has 0 fully saturated rings. The summed E-state index contributed by atoms with van der Waals surface area (Å²) in [6.07, 6.45) is 8.29. The maximum absolute atomic E-state index is 12.2. The molecule has 0 N–H and O–H groups in total. The van der Waals surface area contributed by atoms with Gasteiger partial charge in [-0.15, -0.1) is 5.10 Å². The molecule has 0 spiro atoms. The predicted octanol–water partition coefficient (Wildman–Crippen LogP) is 2.73. The fourth-order valence-corrected chi connectivity index (χ4v) is 3.09. The van der Waals surface area contributed by atoms with Crippen LogP contribution in [0.25, 0.3) is 5.69 Å². The average Bonchev–Trinajstić information content (AvgIpc) is 3.24. The molecule has 4 rings (SSSR count). The lowest BCUT2D eigenvalue weighted by Gasteiger charge is -2.30. The van der Waals surface area contributed by atoms with E-state index in [1.807, 2.05) is 6.07 Å². The van der Waals surface area contributed by atoms with Gasteiger partial charge in [-0.05, 0) is 24.3 Å². The van der Waals surface area contributed by atoms with Gasteiger partial charge in [0.25, 0.3) is 0 Å². The zero-order valence-electron chi connectivity index (χ0n) is 14.6. The third kappa shape index (κ3) is 2.93. The number of aromatic nitrogens is 4. The Morgan fingerprint density at radius 3 is 2.63 bits per heavy atom. The van der Waals surface area contributed by atoms with Crippen molar-refractivity contribution in [1.82, 2.24) is 24.8 Å². The lowest BCUT2D eigenvalue weighted by atomic mass is 10.1. The number of hydrogen-bond acceptors (Lipinski definition) is 6. The maximum Gasteiger partial charge on any atom is 0.246 e. The predicted molar refractivity (Wildman–Crippen MR) is 98.1 cm³/mol. The first-order chi connectivity index (χ1) is 13.0. The normalized spacial score (nSPS) is 18.9. The van der Waals surface area contributed by atoms with Crippen LogP contribution in [0.2, 0.25) is 5.15 Å². The second kappa shape index (κ2) is 6.48. The van der Waals surface area contributed by atoms with E-state index in [-0.39, 0.29) is 17.0 Å². The highest BCUT2D eigenvalue weighted by atomic mass is 35.5. The van der Waals surface area contributed by atoms with Crippen molar-refractivity contribution in [2.45, 2.75) is 19.6 Å². The summed E-state index contributed by atoms with van der Waals surface area (Å²) in [6, 6.07) is 7.19. The van der Waals surface area contributed by atoms with E-state index in [1.165, 1.54) is 11.9 Å². The number of pyridine rings is 2. The molecule has 3 aromatic heterocycles. The summed E-state index contributed by atoms with van der Waals surface area (Å²) in [5.41, 5.74) is 0.848. The van der Waals surface area contributed by atoms with E-state index >= 15 is 0 Å². The minimum atomic E-state index is -1.11. The third-order valence-electron chi connectivity index (χ3n) is 4.21. The summed E-state index contributed by atoms with van der Waals surface area (Å²) in [6.45, 7) is 3.19. The monoisotopic (exact) mass is 382 g/mol. The molecule has 3 aromatic rings. The Kier molecular flexibility index (Phi) is 4.12. The van der Waals surface area contributed by atoms with E-state index in [0.717, 1.165) is 11.3 Å². The van der Waals surface area contributed by atoms with Gasteiger partial charge < -0.3 is 4.74 Å². The van der Waals surface area contributed by atoms with Crippen molar-refractivity contribution in [1.29, 1.82) is 0 Å². The van der Waals surface area contributed by atoms with E-state index in [0.29, 0.717) is 5.56 Å². The van der Waals surface area contributed by atoms with Gasteiger partial charge in [-0.2, -0.15) is 10.1 Å². The Morgan fingerprint density at radius 2 is 1.96 bits per heavy atom. The van der Waals surface area contributed by atoms with Gasteiger partial charge in [0.05, 0.1) is 17.4 Å². The molecule has 0 aromatic carbocycles. The van der Waals surface area contributed by atoms with Gasteiger partial charge in [0, 0.05) is 44.2 Å². The molecule has 8 nitrogen and oxygen atoms in total. The first kappa shape index (κ1) is 17.2. The number of hydrogen-bond donors (Lipinski definition) is 0. The molecule has 0 radical (unpaired) electrons. The number of amides is 1. The fourth-order valence-electron chi connectivity index (χ4n) is 2.88. The molecule has 1 unspecified atom stereocenters. The number of carbonyl (C=O) groups is 1. The summed E-state index contributed by atoms with van der Waals surface area (Å²) < 4.78 is 7.68. The lowest BCUT2D eigenvalue weighted by Crippen LogP contribution is -2.41. The first-order valence-electron chi connectivity index (χ1n) is 8.14. The Morgan fingerprint density at radius 1 is 1.19 bits per heavy atom. The van der Waals surface area contributed by atoms with E-state index in [2.05, 4.69) is 20.2 Å². The molecular weight excluding hydrogens is 368 g/mol. The SMILES string of the molecule is CC(=O)N1N=C(c2cn(-c3cccnc3)nc2Cl)OC1(C)c1ccncc1. The summed E-state index contributed by atoms with van der Waals surface area (Å²) in [4.78, 5) is 20.3. The second-order valence-electron chi connectivity index (χ2n) is 6.05. The number of hydrazone groups is 1. The summed E-state index contributed by atoms with van der Waals surface area (Å²) in [7, 11) is 0. The zero-order chi connectivity index (χ0) is 19.0. The highest BCUT2D eigenvalue weighted by Gasteiger charge is 2.45. The number of ether oxygens (including phenoxy) is 1. The van der Waals surface area contributed by atoms with Crippen molar-refractivity contribution in [2.75, 3.05) is 0 Å². The van der Waals surface area contributed by atoms with Gasteiger partial charge in [-0.3, -0.25) is 14.8 Å². The molecule has 0 saturated carbocycles. The molecule has 4 heterocycles. The van der Waals surface area contributed by atoms with E-state index < -0.39 is 5.72 Å². The van der Waals surface area contributed by atoms with Gasteiger partial charge in [0.2, 0.25) is 17.5 Å². The number of halogens is 1. The minimum Gasteiger partial charge on any atom is -0.443 e. The highest BCUT2D eigenvalue weighted by molar-refractivity contribution is 6.32. The quantitative estimate of drug-likeness (QED) is 0.695. The molecule has 1 atom stereocenters. The lowest BCUT2D eigenvalue weighted by molar-refractivity contribution is -0.146. The summed E-state index contributed by atoms with van der Waals surface area (Å²) in [5.74, 6) is -0.0512. The zero-order valence-corrected chi connectivity index (χ0v) is 15.3. The molecular formula is C18H15ClN6O2. The van der Waals surface area contributed by atoms with Crippen LogP contribution in [0.4, 0.5) is 0 Å². The Bertz CT molecular complexity index is 1020. The van der Waals surface area contributed by atoms with Gasteiger partial charge in [0.1, 0.15) is 0 Å². The van der Waals surface area contributed by atoms with Crippen molar-refractivity contribution in [3.63, 3.8) is 0 Å². The Labute approximate surface area is 160 Å². The fraction of sp³-hybridized carbons (Fsp3) is 0.167. The van der Waals surface area contributed by atoms with Crippen LogP contribution in [0, 0.1) is 0 Å². The van der Waals surface area contributed by atoms with Crippen LogP contribution in [-0.2, 0) is 15.3 Å². The molecule has 27 heavy (non-hydrogen) atoms. The van der Waals surface area contributed by atoms with E-state index in [1.54, 1.807) is 60.8 Å². The Balaban J connectivity index is 1.74. The molecule has 1 aliphatic heterocycles. The first-order valence-corrected chi connectivity index (χ1v) is 8.52. The molecule has 1 aliphatic rings. The minimum absolute atomic E-state index is 0.208. The molecule has 0 bridgehead atoms. The largest absolute Gasteiger partial charge is 0.443 e. The smallest absolute Gasteiger partial charge is 0.246 e. The van der Waals surface area contributed by atoms with Crippen LogP contribution in [0.15, 0.2) is 60.4 Å². The van der Waals surface area contributed by atoms with Gasteiger partial charge >= 0.3 is 0 Å². The van der Waals surface area contributed by atoms with Gasteiger partial charge in [-0.1, -0.05) is 11.6 Å². The molecule has 1 amide bonds. The molecule has 136 valence electrons. The molecule has 9 heteroatoms. The Hall–Kier alpha value is -3.26. The summed E-state index contributed by atoms with van der Waals surface area (Å²) in [5, 5.41) is 10.1. The van der Waals surface area contributed by atoms with Crippen LogP contribution >= 0.6 is 11.6 Å². The van der Waals surface area contributed by atoms with E-state index in [4.69, 9.17) is 16.3 Å². The second-order valence-corrected chi connectivity index (χ2v) is 6.40. The number of nitrogens with zero attached hydrogens (tertiary/aromatic N) is 6. The van der Waals surface area contributed by atoms with Crippen LogP contribution in [0.3, 0.4) is 0 Å². The van der Waals surface area contributed by atoms with Gasteiger partial charge in [0.15, 0.2) is 5.15 Å². The topological polar surface area (TPSA) is 85.5 Å². The van der Waals surface area contributed by atoms with Crippen LogP contribution < -0.4 is 0 Å². The summed E-state index contributed by atoms with van der Waals surface area (Å²) >= 11 is 6.31. The third-order valence-corrected chi connectivity index (χ3v) is 4.49. The number of rotatable bonds is 3. The van der Waals surface area contributed by atoms with Crippen molar-refractivity contribution < 1.29 is 9.53 Å². The molecule has 0 aliphatic carbocycles. The van der Waals surface area contributed by atoms with Crippen LogP contribution in [0.1, 0.15) is 25.0 Å². The van der Waals surface area contributed by atoms with Crippen molar-refractivity contribution in [3.05, 3.63) is 71.5 Å². The van der Waals surface area contributed by atoms with Crippen molar-refractivity contribution in [3.8, 4) is 5.69 Å². The highest BCUT2D eigenvalue weighted by Crippen LogP contribution is 2.37. The van der Waals surface area contributed by atoms with Crippen molar-refractivity contribution in [2.24, 2.45) is 5.10 Å². The van der Waals surface area contributed by atoms with Gasteiger partial charge in [-0.25, -0.2) is 4.68 Å². The maximum atomic E-state index is 12.2. The van der Waals surface area contributed by atoms with Crippen LogP contribution in [-0.4, -0.2) is 36.6 Å². The van der Waals surface area contributed by atoms with E-state index in [9.17, 15) is 4.79 Å². The van der Waals surface area contributed by atoms with Crippen molar-refractivity contribution >= 4 is 23.4 Å². The average molecular weight is 383 g/mol. The standard InChI is InChI=1S/C18H15ClN6O2/c1-12(26)25-18(2,13-5-8-20-9-6-13)27-17(23-25)15-11-24(22-16(15)19)14-4-3-7-21-10-14/h3-11H,1-2H3. The number of carbonyl (C=O) groups excluding carboxylic acids is 1.